The van der Waals surface area contributed by atoms with Crippen LogP contribution < -0.4 is 20.3 Å². The van der Waals surface area contributed by atoms with E-state index in [1.165, 1.54) is 5.69 Å². The number of nitrogens with zero attached hydrogens (tertiary/aromatic N) is 6. The van der Waals surface area contributed by atoms with Crippen LogP contribution in [0.1, 0.15) is 18.8 Å². The Balaban J connectivity index is 1.65. The number of nitrogen functional groups attached to an aromatic ring is 1. The van der Waals surface area contributed by atoms with Gasteiger partial charge in [0.15, 0.2) is 5.82 Å². The van der Waals surface area contributed by atoms with E-state index >= 15 is 0 Å². The molecule has 2 N–H and O–H groups in total. The van der Waals surface area contributed by atoms with Gasteiger partial charge in [-0.2, -0.15) is 15.0 Å². The van der Waals surface area contributed by atoms with Gasteiger partial charge in [0.25, 0.3) is 0 Å². The van der Waals surface area contributed by atoms with Gasteiger partial charge in [-0.1, -0.05) is 0 Å². The maximum Gasteiger partial charge on any atom is 0.229 e. The zero-order chi connectivity index (χ0) is 18.7. The highest BCUT2D eigenvalue weighted by atomic mass is 16.5. The van der Waals surface area contributed by atoms with Crippen LogP contribution in [0.3, 0.4) is 0 Å². The van der Waals surface area contributed by atoms with Crippen LogP contribution in [0.4, 0.5) is 17.6 Å². The van der Waals surface area contributed by atoms with E-state index in [9.17, 15) is 0 Å². The maximum absolute atomic E-state index is 5.86. The smallest absolute Gasteiger partial charge is 0.229 e. The minimum atomic E-state index is 0.0945. The fourth-order valence-electron chi connectivity index (χ4n) is 3.11. The van der Waals surface area contributed by atoms with Crippen LogP contribution in [0.15, 0.2) is 24.3 Å². The molecular formula is C18H27N7O. The zero-order valence-electron chi connectivity index (χ0n) is 15.9. The average molecular weight is 357 g/mol. The number of piperazine rings is 1. The molecule has 26 heavy (non-hydrogen) atoms. The van der Waals surface area contributed by atoms with Crippen molar-refractivity contribution in [1.82, 2.24) is 19.9 Å². The molecule has 3 rings (SSSR count). The van der Waals surface area contributed by atoms with Gasteiger partial charge in [0.1, 0.15) is 5.75 Å². The number of hydrogen-bond acceptors (Lipinski definition) is 8. The number of nitrogens with two attached hydrogens (primary N) is 1. The fourth-order valence-corrected chi connectivity index (χ4v) is 3.11. The quantitative estimate of drug-likeness (QED) is 0.860. The molecule has 2 aromatic rings. The fraction of sp³-hybridized carbons (Fsp3) is 0.500. The molecule has 0 bridgehead atoms. The summed E-state index contributed by atoms with van der Waals surface area (Å²) < 4.78 is 5.23. The summed E-state index contributed by atoms with van der Waals surface area (Å²) in [5.74, 6) is 2.46. The van der Waals surface area contributed by atoms with Gasteiger partial charge in [-0.15, -0.1) is 0 Å². The first-order valence-corrected chi connectivity index (χ1v) is 8.79. The first-order valence-electron chi connectivity index (χ1n) is 8.79. The van der Waals surface area contributed by atoms with Crippen molar-refractivity contribution in [2.45, 2.75) is 13.0 Å². The molecule has 0 amide bonds. The lowest BCUT2D eigenvalue weighted by molar-refractivity contribution is 0.191. The Hall–Kier alpha value is -2.61. The summed E-state index contributed by atoms with van der Waals surface area (Å²) in [6.07, 6.45) is 0. The number of benzene rings is 1. The predicted molar refractivity (Wildman–Crippen MR) is 104 cm³/mol. The van der Waals surface area contributed by atoms with Crippen LogP contribution in [0.25, 0.3) is 0 Å². The average Bonchev–Trinajstić information content (AvgIpc) is 2.67. The first-order chi connectivity index (χ1) is 12.5. The first kappa shape index (κ1) is 18.2. The van der Waals surface area contributed by atoms with Gasteiger partial charge in [-0.25, -0.2) is 0 Å². The van der Waals surface area contributed by atoms with Crippen molar-refractivity contribution >= 4 is 17.6 Å². The van der Waals surface area contributed by atoms with Crippen molar-refractivity contribution in [3.05, 3.63) is 30.1 Å². The molecule has 2 heterocycles. The molecule has 1 atom stereocenters. The molecule has 0 saturated carbocycles. The van der Waals surface area contributed by atoms with Gasteiger partial charge >= 0.3 is 0 Å². The van der Waals surface area contributed by atoms with E-state index in [0.717, 1.165) is 37.8 Å². The molecule has 1 saturated heterocycles. The molecule has 1 aliphatic heterocycles. The molecule has 1 aromatic heterocycles. The summed E-state index contributed by atoms with van der Waals surface area (Å²) in [7, 11) is 5.48. The molecule has 1 aliphatic rings. The van der Waals surface area contributed by atoms with Crippen molar-refractivity contribution in [2.75, 3.05) is 62.9 Å². The lowest BCUT2D eigenvalue weighted by Crippen LogP contribution is -2.47. The van der Waals surface area contributed by atoms with E-state index in [4.69, 9.17) is 10.5 Å². The highest BCUT2D eigenvalue weighted by Crippen LogP contribution is 2.24. The lowest BCUT2D eigenvalue weighted by Gasteiger charge is -2.38. The Labute approximate surface area is 154 Å². The second-order valence-electron chi connectivity index (χ2n) is 6.64. The van der Waals surface area contributed by atoms with Gasteiger partial charge in [0.2, 0.25) is 11.9 Å². The predicted octanol–water partition coefficient (Wildman–Crippen LogP) is 1.41. The number of anilines is 3. The minimum Gasteiger partial charge on any atom is -0.497 e. The molecular weight excluding hydrogens is 330 g/mol. The molecule has 1 aromatic carbocycles. The van der Waals surface area contributed by atoms with E-state index in [1.807, 2.05) is 31.1 Å². The second-order valence-corrected chi connectivity index (χ2v) is 6.64. The summed E-state index contributed by atoms with van der Waals surface area (Å²) in [5.41, 5.74) is 7.08. The van der Waals surface area contributed by atoms with Crippen LogP contribution >= 0.6 is 0 Å². The maximum atomic E-state index is 5.86. The van der Waals surface area contributed by atoms with Gasteiger partial charge in [-0.3, -0.25) is 4.90 Å². The summed E-state index contributed by atoms with van der Waals surface area (Å²) in [6.45, 7) is 5.92. The highest BCUT2D eigenvalue weighted by molar-refractivity contribution is 5.49. The number of rotatable bonds is 5. The van der Waals surface area contributed by atoms with Crippen molar-refractivity contribution in [2.24, 2.45) is 0 Å². The van der Waals surface area contributed by atoms with Crippen LogP contribution in [-0.2, 0) is 0 Å². The molecule has 0 radical (unpaired) electrons. The number of ether oxygens (including phenoxy) is 1. The van der Waals surface area contributed by atoms with Crippen LogP contribution in [0.2, 0.25) is 0 Å². The molecule has 8 heteroatoms. The summed E-state index contributed by atoms with van der Waals surface area (Å²) >= 11 is 0. The molecule has 0 spiro atoms. The van der Waals surface area contributed by atoms with Crippen molar-refractivity contribution in [3.63, 3.8) is 0 Å². The van der Waals surface area contributed by atoms with E-state index < -0.39 is 0 Å². The van der Waals surface area contributed by atoms with E-state index in [0.29, 0.717) is 5.95 Å². The van der Waals surface area contributed by atoms with E-state index in [-0.39, 0.29) is 12.0 Å². The van der Waals surface area contributed by atoms with Crippen molar-refractivity contribution < 1.29 is 4.74 Å². The van der Waals surface area contributed by atoms with Gasteiger partial charge in [0.05, 0.1) is 13.2 Å². The van der Waals surface area contributed by atoms with Gasteiger partial charge in [0, 0.05) is 46.0 Å². The Bertz CT molecular complexity index is 727. The normalized spacial score (nSPS) is 16.4. The molecule has 8 nitrogen and oxygen atoms in total. The Morgan fingerprint density at radius 3 is 2.27 bits per heavy atom. The van der Waals surface area contributed by atoms with Crippen LogP contribution in [0, 0.1) is 0 Å². The minimum absolute atomic E-state index is 0.0945. The van der Waals surface area contributed by atoms with E-state index in [1.54, 1.807) is 7.11 Å². The summed E-state index contributed by atoms with van der Waals surface area (Å²) in [5, 5.41) is 0. The lowest BCUT2D eigenvalue weighted by atomic mass is 10.2. The zero-order valence-corrected chi connectivity index (χ0v) is 15.9. The number of aromatic nitrogens is 3. The monoisotopic (exact) mass is 357 g/mol. The SMILES string of the molecule is COc1ccc(N2CCN(C(C)c3nc(N)nc(N(C)C)n3)CC2)cc1. The van der Waals surface area contributed by atoms with Crippen LogP contribution in [-0.4, -0.2) is 67.2 Å². The topological polar surface area (TPSA) is 83.6 Å². The van der Waals surface area contributed by atoms with E-state index in [2.05, 4.69) is 43.8 Å². The third-order valence-electron chi connectivity index (χ3n) is 4.73. The Morgan fingerprint density at radius 2 is 1.69 bits per heavy atom. The number of methoxy groups -OCH3 is 1. The van der Waals surface area contributed by atoms with Gasteiger partial charge < -0.3 is 20.3 Å². The van der Waals surface area contributed by atoms with Gasteiger partial charge in [-0.05, 0) is 31.2 Å². The summed E-state index contributed by atoms with van der Waals surface area (Å²) in [4.78, 5) is 19.7. The Kier molecular flexibility index (Phi) is 5.41. The third kappa shape index (κ3) is 3.96. The highest BCUT2D eigenvalue weighted by Gasteiger charge is 2.25. The summed E-state index contributed by atoms with van der Waals surface area (Å²) in [6, 6.07) is 8.31. The molecule has 140 valence electrons. The largest absolute Gasteiger partial charge is 0.497 e. The third-order valence-corrected chi connectivity index (χ3v) is 4.73. The number of hydrogen-bond donors (Lipinski definition) is 1. The molecule has 0 aliphatic carbocycles. The second kappa shape index (κ2) is 7.74. The molecule has 1 fully saturated rings. The Morgan fingerprint density at radius 1 is 1.04 bits per heavy atom. The van der Waals surface area contributed by atoms with Crippen molar-refractivity contribution in [3.8, 4) is 5.75 Å². The standard InChI is InChI=1S/C18H27N7O/c1-13(16-20-17(19)22-18(21-16)23(2)3)24-9-11-25(12-10-24)14-5-7-15(26-4)8-6-14/h5-8,13H,9-12H2,1-4H3,(H2,19,20,21,22). The van der Waals surface area contributed by atoms with Crippen molar-refractivity contribution in [1.29, 1.82) is 0 Å². The molecule has 1 unspecified atom stereocenters. The van der Waals surface area contributed by atoms with Crippen LogP contribution in [0.5, 0.6) is 5.75 Å².